The van der Waals surface area contributed by atoms with Gasteiger partial charge in [-0.2, -0.15) is 0 Å². The predicted molar refractivity (Wildman–Crippen MR) is 98.3 cm³/mol. The first-order valence-electron chi connectivity index (χ1n) is 8.45. The average molecular weight is 354 g/mol. The molecule has 25 heavy (non-hydrogen) atoms. The van der Waals surface area contributed by atoms with Crippen molar-refractivity contribution in [3.8, 4) is 11.3 Å². The van der Waals surface area contributed by atoms with E-state index in [4.69, 9.17) is 9.73 Å². The Morgan fingerprint density at radius 2 is 1.92 bits per heavy atom. The van der Waals surface area contributed by atoms with Gasteiger partial charge in [-0.25, -0.2) is 9.38 Å². The van der Waals surface area contributed by atoms with Crippen molar-refractivity contribution in [2.45, 2.75) is 25.5 Å². The highest BCUT2D eigenvalue weighted by atomic mass is 32.1. The molecule has 0 aliphatic carbocycles. The number of aromatic nitrogens is 1. The van der Waals surface area contributed by atoms with Crippen molar-refractivity contribution >= 4 is 17.0 Å². The molecule has 5 heteroatoms. The molecule has 2 aromatic carbocycles. The summed E-state index contributed by atoms with van der Waals surface area (Å²) >= 11 is 1.60. The summed E-state index contributed by atoms with van der Waals surface area (Å²) in [5.74, 6) is -0.223. The van der Waals surface area contributed by atoms with E-state index in [1.807, 2.05) is 42.5 Å². The first kappa shape index (κ1) is 16.2. The zero-order valence-corrected chi connectivity index (χ0v) is 14.6. The van der Waals surface area contributed by atoms with Crippen LogP contribution < -0.4 is 4.80 Å². The SMILES string of the molecule is Fc1ccc(-c2csc(=Nc3ccccc3)n2C[C@H]2CCCO2)cc1. The van der Waals surface area contributed by atoms with Crippen LogP contribution in [0.1, 0.15) is 12.8 Å². The topological polar surface area (TPSA) is 26.5 Å². The van der Waals surface area contributed by atoms with Crippen molar-refractivity contribution in [3.05, 3.63) is 70.6 Å². The number of hydrogen-bond acceptors (Lipinski definition) is 3. The van der Waals surface area contributed by atoms with Crippen LogP contribution in [0.3, 0.4) is 0 Å². The van der Waals surface area contributed by atoms with Crippen molar-refractivity contribution in [1.29, 1.82) is 0 Å². The molecule has 1 aromatic heterocycles. The Labute approximate surface area is 150 Å². The van der Waals surface area contributed by atoms with Gasteiger partial charge in [0.25, 0.3) is 0 Å². The molecular weight excluding hydrogens is 335 g/mol. The van der Waals surface area contributed by atoms with Crippen LogP contribution in [0, 0.1) is 5.82 Å². The van der Waals surface area contributed by atoms with Gasteiger partial charge in [0.2, 0.25) is 0 Å². The maximum atomic E-state index is 13.3. The lowest BCUT2D eigenvalue weighted by Gasteiger charge is -2.14. The number of hydrogen-bond donors (Lipinski definition) is 0. The number of thiazole rings is 1. The van der Waals surface area contributed by atoms with E-state index in [9.17, 15) is 4.39 Å². The molecule has 2 heterocycles. The zero-order valence-electron chi connectivity index (χ0n) is 13.8. The number of nitrogens with zero attached hydrogens (tertiary/aromatic N) is 2. The van der Waals surface area contributed by atoms with Gasteiger partial charge in [0.1, 0.15) is 5.82 Å². The van der Waals surface area contributed by atoms with E-state index >= 15 is 0 Å². The van der Waals surface area contributed by atoms with E-state index in [1.165, 1.54) is 12.1 Å². The van der Waals surface area contributed by atoms with Gasteiger partial charge in [-0.05, 0) is 54.8 Å². The third kappa shape index (κ3) is 3.72. The summed E-state index contributed by atoms with van der Waals surface area (Å²) in [5, 5.41) is 2.09. The molecule has 1 saturated heterocycles. The second-order valence-corrected chi connectivity index (χ2v) is 6.94. The summed E-state index contributed by atoms with van der Waals surface area (Å²) in [6.07, 6.45) is 2.38. The molecule has 4 rings (SSSR count). The molecule has 3 nitrogen and oxygen atoms in total. The molecule has 1 fully saturated rings. The highest BCUT2D eigenvalue weighted by Crippen LogP contribution is 2.23. The second-order valence-electron chi connectivity index (χ2n) is 6.10. The Hall–Kier alpha value is -2.24. The van der Waals surface area contributed by atoms with Gasteiger partial charge >= 0.3 is 0 Å². The van der Waals surface area contributed by atoms with Crippen LogP contribution >= 0.6 is 11.3 Å². The van der Waals surface area contributed by atoms with Gasteiger partial charge in [-0.3, -0.25) is 0 Å². The molecule has 1 aliphatic heterocycles. The van der Waals surface area contributed by atoms with Crippen LogP contribution in [0.4, 0.5) is 10.1 Å². The lowest BCUT2D eigenvalue weighted by molar-refractivity contribution is 0.0968. The highest BCUT2D eigenvalue weighted by Gasteiger charge is 2.19. The summed E-state index contributed by atoms with van der Waals surface area (Å²) in [6, 6.07) is 16.6. The monoisotopic (exact) mass is 354 g/mol. The highest BCUT2D eigenvalue weighted by molar-refractivity contribution is 7.07. The molecule has 1 aliphatic rings. The van der Waals surface area contributed by atoms with E-state index in [1.54, 1.807) is 11.3 Å². The van der Waals surface area contributed by atoms with Crippen molar-refractivity contribution in [3.63, 3.8) is 0 Å². The van der Waals surface area contributed by atoms with Gasteiger partial charge < -0.3 is 9.30 Å². The number of benzene rings is 2. The maximum Gasteiger partial charge on any atom is 0.190 e. The first-order valence-corrected chi connectivity index (χ1v) is 9.33. The minimum Gasteiger partial charge on any atom is -0.376 e. The normalized spacial score (nSPS) is 18.0. The van der Waals surface area contributed by atoms with Crippen LogP contribution in [0.25, 0.3) is 11.3 Å². The molecule has 0 bridgehead atoms. The fourth-order valence-corrected chi connectivity index (χ4v) is 3.99. The Morgan fingerprint density at radius 3 is 2.64 bits per heavy atom. The predicted octanol–water partition coefficient (Wildman–Crippen LogP) is 4.77. The number of para-hydroxylation sites is 1. The molecule has 128 valence electrons. The molecule has 3 aromatic rings. The Balaban J connectivity index is 1.78. The quantitative estimate of drug-likeness (QED) is 0.663. The van der Waals surface area contributed by atoms with E-state index in [-0.39, 0.29) is 11.9 Å². The van der Waals surface area contributed by atoms with Crippen LogP contribution in [-0.2, 0) is 11.3 Å². The minimum atomic E-state index is -0.223. The van der Waals surface area contributed by atoms with Gasteiger partial charge in [0.05, 0.1) is 24.0 Å². The lowest BCUT2D eigenvalue weighted by Crippen LogP contribution is -2.24. The fraction of sp³-hybridized carbons (Fsp3) is 0.250. The van der Waals surface area contributed by atoms with Crippen LogP contribution in [0.2, 0.25) is 0 Å². The largest absolute Gasteiger partial charge is 0.376 e. The van der Waals surface area contributed by atoms with Crippen LogP contribution in [-0.4, -0.2) is 17.3 Å². The van der Waals surface area contributed by atoms with E-state index < -0.39 is 0 Å². The van der Waals surface area contributed by atoms with Gasteiger partial charge in [0.15, 0.2) is 4.80 Å². The maximum absolute atomic E-state index is 13.3. The average Bonchev–Trinajstić information content (AvgIpc) is 3.28. The number of rotatable bonds is 4. The Bertz CT molecular complexity index is 893. The molecular formula is C20H19FN2OS. The molecule has 0 spiro atoms. The smallest absolute Gasteiger partial charge is 0.190 e. The van der Waals surface area contributed by atoms with Crippen LogP contribution in [0.5, 0.6) is 0 Å². The summed E-state index contributed by atoms with van der Waals surface area (Å²) in [4.78, 5) is 5.73. The molecule has 0 saturated carbocycles. The van der Waals surface area contributed by atoms with Crippen molar-refractivity contribution < 1.29 is 9.13 Å². The van der Waals surface area contributed by atoms with Crippen LogP contribution in [0.15, 0.2) is 65.0 Å². The minimum absolute atomic E-state index is 0.212. The molecule has 0 N–H and O–H groups in total. The standard InChI is InChI=1S/C20H19FN2OS/c21-16-10-8-15(9-11-16)19-14-25-20(22-17-5-2-1-3-6-17)23(19)13-18-7-4-12-24-18/h1-3,5-6,8-11,14,18H,4,7,12-13H2/t18-/m1/s1. The van der Waals surface area contributed by atoms with Gasteiger partial charge in [0, 0.05) is 12.0 Å². The molecule has 0 radical (unpaired) electrons. The summed E-state index contributed by atoms with van der Waals surface area (Å²) in [7, 11) is 0. The van der Waals surface area contributed by atoms with Gasteiger partial charge in [-0.1, -0.05) is 18.2 Å². The number of ether oxygens (including phenoxy) is 1. The Morgan fingerprint density at radius 1 is 1.12 bits per heavy atom. The summed E-state index contributed by atoms with van der Waals surface area (Å²) < 4.78 is 21.3. The Kier molecular flexibility index (Phi) is 4.76. The second kappa shape index (κ2) is 7.33. The van der Waals surface area contributed by atoms with E-state index in [0.717, 1.165) is 47.7 Å². The molecule has 0 unspecified atom stereocenters. The van der Waals surface area contributed by atoms with Crippen molar-refractivity contribution in [2.75, 3.05) is 6.61 Å². The van der Waals surface area contributed by atoms with Crippen molar-refractivity contribution in [2.24, 2.45) is 4.99 Å². The van der Waals surface area contributed by atoms with E-state index in [0.29, 0.717) is 0 Å². The lowest BCUT2D eigenvalue weighted by atomic mass is 10.1. The summed E-state index contributed by atoms with van der Waals surface area (Å²) in [6.45, 7) is 1.59. The molecule has 1 atom stereocenters. The molecule has 0 amide bonds. The number of halogens is 1. The third-order valence-corrected chi connectivity index (χ3v) is 5.19. The third-order valence-electron chi connectivity index (χ3n) is 4.33. The van der Waals surface area contributed by atoms with E-state index in [2.05, 4.69) is 9.95 Å². The first-order chi connectivity index (χ1) is 12.3. The van der Waals surface area contributed by atoms with Crippen molar-refractivity contribution in [1.82, 2.24) is 4.57 Å². The fourth-order valence-electron chi connectivity index (χ4n) is 3.05. The zero-order chi connectivity index (χ0) is 17.1. The summed E-state index contributed by atoms with van der Waals surface area (Å²) in [5.41, 5.74) is 2.97. The van der Waals surface area contributed by atoms with Gasteiger partial charge in [-0.15, -0.1) is 11.3 Å².